The first-order valence-electron chi connectivity index (χ1n) is 5.69. The number of aromatic nitrogens is 1. The van der Waals surface area contributed by atoms with Gasteiger partial charge in [0.15, 0.2) is 0 Å². The first kappa shape index (κ1) is 10.3. The van der Waals surface area contributed by atoms with Gasteiger partial charge in [-0.15, -0.1) is 0 Å². The highest BCUT2D eigenvalue weighted by atomic mass is 16.5. The largest absolute Gasteiger partial charge is 0.461 e. The monoisotopic (exact) mass is 207 g/mol. The molecular formula is C12H17NO2. The summed E-state index contributed by atoms with van der Waals surface area (Å²) in [5.74, 6) is -0.231. The zero-order chi connectivity index (χ0) is 10.7. The van der Waals surface area contributed by atoms with Gasteiger partial charge in [0.05, 0.1) is 6.61 Å². The normalized spacial score (nSPS) is 15.5. The van der Waals surface area contributed by atoms with Gasteiger partial charge >= 0.3 is 5.97 Å². The third kappa shape index (κ3) is 2.22. The predicted molar refractivity (Wildman–Crippen MR) is 58.0 cm³/mol. The van der Waals surface area contributed by atoms with Crippen molar-refractivity contribution in [3.63, 3.8) is 0 Å². The molecular weight excluding hydrogens is 190 g/mol. The number of aryl methyl sites for hydroxylation is 2. The van der Waals surface area contributed by atoms with E-state index in [9.17, 15) is 4.79 Å². The highest BCUT2D eigenvalue weighted by molar-refractivity contribution is 5.87. The van der Waals surface area contributed by atoms with Crippen LogP contribution in [0.3, 0.4) is 0 Å². The molecule has 2 rings (SSSR count). The fraction of sp³-hybridized carbons (Fsp3) is 0.583. The lowest BCUT2D eigenvalue weighted by molar-refractivity contribution is 0.0520. The second-order valence-electron chi connectivity index (χ2n) is 3.97. The van der Waals surface area contributed by atoms with E-state index in [-0.39, 0.29) is 5.97 Å². The van der Waals surface area contributed by atoms with Crippen LogP contribution in [0.4, 0.5) is 0 Å². The van der Waals surface area contributed by atoms with Crippen molar-refractivity contribution in [3.05, 3.63) is 23.0 Å². The van der Waals surface area contributed by atoms with Gasteiger partial charge in [0.1, 0.15) is 5.69 Å². The number of fused-ring (bicyclic) bond motifs is 1. The van der Waals surface area contributed by atoms with Crippen molar-refractivity contribution in [2.45, 2.75) is 39.0 Å². The summed E-state index contributed by atoms with van der Waals surface area (Å²) in [6, 6.07) is 1.96. The van der Waals surface area contributed by atoms with Crippen molar-refractivity contribution in [2.75, 3.05) is 6.61 Å². The fourth-order valence-electron chi connectivity index (χ4n) is 2.10. The van der Waals surface area contributed by atoms with Crippen molar-refractivity contribution >= 4 is 5.97 Å². The molecule has 1 aromatic rings. The van der Waals surface area contributed by atoms with E-state index in [0.29, 0.717) is 12.3 Å². The lowest BCUT2D eigenvalue weighted by Crippen LogP contribution is -2.05. The molecule has 0 saturated heterocycles. The van der Waals surface area contributed by atoms with Crippen LogP contribution in [0.1, 0.15) is 47.9 Å². The Kier molecular flexibility index (Phi) is 3.09. The molecule has 1 aromatic heterocycles. The molecule has 0 amide bonds. The first-order valence-corrected chi connectivity index (χ1v) is 5.69. The van der Waals surface area contributed by atoms with Gasteiger partial charge in [0, 0.05) is 5.69 Å². The molecule has 1 heterocycles. The minimum atomic E-state index is -0.231. The lowest BCUT2D eigenvalue weighted by atomic mass is 10.1. The van der Waals surface area contributed by atoms with Crippen molar-refractivity contribution in [1.29, 1.82) is 0 Å². The minimum absolute atomic E-state index is 0.231. The van der Waals surface area contributed by atoms with Gasteiger partial charge < -0.3 is 9.72 Å². The fourth-order valence-corrected chi connectivity index (χ4v) is 2.10. The van der Waals surface area contributed by atoms with Crippen LogP contribution in [0, 0.1) is 0 Å². The van der Waals surface area contributed by atoms with Crippen LogP contribution in [0.5, 0.6) is 0 Å². The van der Waals surface area contributed by atoms with E-state index >= 15 is 0 Å². The van der Waals surface area contributed by atoms with Crippen LogP contribution < -0.4 is 0 Å². The van der Waals surface area contributed by atoms with Crippen molar-refractivity contribution in [3.8, 4) is 0 Å². The van der Waals surface area contributed by atoms with Crippen LogP contribution in [0.2, 0.25) is 0 Å². The maximum Gasteiger partial charge on any atom is 0.354 e. The molecule has 82 valence electrons. The van der Waals surface area contributed by atoms with E-state index in [2.05, 4.69) is 4.98 Å². The highest BCUT2D eigenvalue weighted by Gasteiger charge is 2.15. The number of aromatic amines is 1. The van der Waals surface area contributed by atoms with Crippen molar-refractivity contribution < 1.29 is 9.53 Å². The number of ether oxygens (including phenoxy) is 1. The van der Waals surface area contributed by atoms with E-state index in [1.54, 1.807) is 0 Å². The second kappa shape index (κ2) is 4.51. The Bertz CT molecular complexity index is 331. The molecule has 0 radical (unpaired) electrons. The summed E-state index contributed by atoms with van der Waals surface area (Å²) in [7, 11) is 0. The number of carbonyl (C=O) groups excluding carboxylic acids is 1. The van der Waals surface area contributed by atoms with Gasteiger partial charge in [-0.3, -0.25) is 0 Å². The molecule has 15 heavy (non-hydrogen) atoms. The molecule has 3 nitrogen and oxygen atoms in total. The third-order valence-corrected chi connectivity index (χ3v) is 2.86. The van der Waals surface area contributed by atoms with Crippen molar-refractivity contribution in [2.24, 2.45) is 0 Å². The standard InChI is InChI=1S/C12H17NO2/c1-2-15-12(14)11-8-9-6-4-3-5-7-10(9)13-11/h8,13H,2-7H2,1H3. The zero-order valence-electron chi connectivity index (χ0n) is 9.14. The lowest BCUT2D eigenvalue weighted by Gasteiger charge is -1.98. The smallest absolute Gasteiger partial charge is 0.354 e. The van der Waals surface area contributed by atoms with Gasteiger partial charge in [0.25, 0.3) is 0 Å². The Balaban J connectivity index is 2.18. The topological polar surface area (TPSA) is 42.1 Å². The highest BCUT2D eigenvalue weighted by Crippen LogP contribution is 2.21. The summed E-state index contributed by atoms with van der Waals surface area (Å²) in [4.78, 5) is 14.7. The zero-order valence-corrected chi connectivity index (χ0v) is 9.14. The molecule has 3 heteroatoms. The van der Waals surface area contributed by atoms with Crippen molar-refractivity contribution in [1.82, 2.24) is 4.98 Å². The molecule has 0 fully saturated rings. The van der Waals surface area contributed by atoms with Gasteiger partial charge in [0.2, 0.25) is 0 Å². The second-order valence-corrected chi connectivity index (χ2v) is 3.97. The molecule has 0 saturated carbocycles. The van der Waals surface area contributed by atoms with Gasteiger partial charge in [-0.1, -0.05) is 6.42 Å². The number of nitrogens with one attached hydrogen (secondary N) is 1. The minimum Gasteiger partial charge on any atom is -0.461 e. The predicted octanol–water partition coefficient (Wildman–Crippen LogP) is 2.46. The van der Waals surface area contributed by atoms with E-state index in [4.69, 9.17) is 4.74 Å². The maximum atomic E-state index is 11.5. The average Bonchev–Trinajstić information content (AvgIpc) is 2.51. The third-order valence-electron chi connectivity index (χ3n) is 2.86. The first-order chi connectivity index (χ1) is 7.31. The maximum absolute atomic E-state index is 11.5. The molecule has 0 bridgehead atoms. The quantitative estimate of drug-likeness (QED) is 0.598. The number of H-pyrrole nitrogens is 1. The van der Waals surface area contributed by atoms with Crippen LogP contribution in [-0.4, -0.2) is 17.6 Å². The van der Waals surface area contributed by atoms with Gasteiger partial charge in [-0.05, 0) is 44.2 Å². The number of rotatable bonds is 2. The van der Waals surface area contributed by atoms with Gasteiger partial charge in [-0.2, -0.15) is 0 Å². The summed E-state index contributed by atoms with van der Waals surface area (Å²) in [5.41, 5.74) is 3.15. The number of hydrogen-bond donors (Lipinski definition) is 1. The molecule has 0 spiro atoms. The number of esters is 1. The molecule has 1 aliphatic carbocycles. The molecule has 0 aromatic carbocycles. The Labute approximate surface area is 89.8 Å². The molecule has 0 aliphatic heterocycles. The molecule has 1 N–H and O–H groups in total. The summed E-state index contributed by atoms with van der Waals surface area (Å²) in [6.45, 7) is 2.26. The number of carbonyl (C=O) groups is 1. The van der Waals surface area contributed by atoms with E-state index in [0.717, 1.165) is 12.8 Å². The Hall–Kier alpha value is -1.25. The van der Waals surface area contributed by atoms with Crippen LogP contribution >= 0.6 is 0 Å². The summed E-state index contributed by atoms with van der Waals surface area (Å²) >= 11 is 0. The van der Waals surface area contributed by atoms with Gasteiger partial charge in [-0.25, -0.2) is 4.79 Å². The molecule has 0 unspecified atom stereocenters. The molecule has 1 aliphatic rings. The Morgan fingerprint density at radius 3 is 3.00 bits per heavy atom. The van der Waals surface area contributed by atoms with E-state index in [1.807, 2.05) is 13.0 Å². The van der Waals surface area contributed by atoms with E-state index in [1.165, 1.54) is 30.5 Å². The number of hydrogen-bond acceptors (Lipinski definition) is 2. The summed E-state index contributed by atoms with van der Waals surface area (Å²) < 4.78 is 4.97. The van der Waals surface area contributed by atoms with Crippen LogP contribution in [0.15, 0.2) is 6.07 Å². The Morgan fingerprint density at radius 1 is 1.40 bits per heavy atom. The summed E-state index contributed by atoms with van der Waals surface area (Å²) in [5, 5.41) is 0. The van der Waals surface area contributed by atoms with Crippen LogP contribution in [0.25, 0.3) is 0 Å². The Morgan fingerprint density at radius 2 is 2.20 bits per heavy atom. The van der Waals surface area contributed by atoms with Crippen LogP contribution in [-0.2, 0) is 17.6 Å². The molecule has 0 atom stereocenters. The van der Waals surface area contributed by atoms with E-state index < -0.39 is 0 Å². The summed E-state index contributed by atoms with van der Waals surface area (Å²) in [6.07, 6.45) is 5.89. The average molecular weight is 207 g/mol. The SMILES string of the molecule is CCOC(=O)c1cc2c([nH]1)CCCCC2.